The maximum absolute atomic E-state index is 5.78. The molecule has 1 aromatic rings. The third kappa shape index (κ3) is 6.81. The summed E-state index contributed by atoms with van der Waals surface area (Å²) in [6, 6.07) is 8.23. The molecule has 0 amide bonds. The van der Waals surface area contributed by atoms with Crippen molar-refractivity contribution < 1.29 is 4.74 Å². The molecule has 0 aromatic heterocycles. The summed E-state index contributed by atoms with van der Waals surface area (Å²) in [5, 5.41) is 3.40. The van der Waals surface area contributed by atoms with Crippen LogP contribution >= 0.6 is 15.9 Å². The molecule has 0 saturated carbocycles. The standard InChI is InChI=1S/C14H22BrNO/c1-11(2)8-16-9-12(3)17-10-13-5-4-6-14(15)7-13/h4-7,11-12,16H,8-10H2,1-3H3. The Labute approximate surface area is 113 Å². The molecule has 3 heteroatoms. The van der Waals surface area contributed by atoms with Crippen LogP contribution in [0, 0.1) is 5.92 Å². The number of hydrogen-bond acceptors (Lipinski definition) is 2. The minimum atomic E-state index is 0.243. The van der Waals surface area contributed by atoms with Gasteiger partial charge in [0.15, 0.2) is 0 Å². The molecule has 1 atom stereocenters. The summed E-state index contributed by atoms with van der Waals surface area (Å²) in [6.07, 6.45) is 0.243. The van der Waals surface area contributed by atoms with Crippen molar-refractivity contribution >= 4 is 15.9 Å². The van der Waals surface area contributed by atoms with Crippen molar-refractivity contribution in [2.24, 2.45) is 5.92 Å². The van der Waals surface area contributed by atoms with Crippen LogP contribution in [0.2, 0.25) is 0 Å². The van der Waals surface area contributed by atoms with Crippen molar-refractivity contribution in [3.05, 3.63) is 34.3 Å². The van der Waals surface area contributed by atoms with Crippen LogP contribution in [-0.4, -0.2) is 19.2 Å². The predicted octanol–water partition coefficient (Wildman–Crippen LogP) is 3.60. The van der Waals surface area contributed by atoms with Crippen molar-refractivity contribution in [2.45, 2.75) is 33.5 Å². The van der Waals surface area contributed by atoms with Crippen molar-refractivity contribution in [2.75, 3.05) is 13.1 Å². The SMILES string of the molecule is CC(C)CNCC(C)OCc1cccc(Br)c1. The van der Waals surface area contributed by atoms with E-state index in [1.165, 1.54) is 5.56 Å². The molecule has 0 heterocycles. The minimum Gasteiger partial charge on any atom is -0.373 e. The van der Waals surface area contributed by atoms with Gasteiger partial charge in [-0.1, -0.05) is 41.9 Å². The molecule has 17 heavy (non-hydrogen) atoms. The molecule has 1 rings (SSSR count). The van der Waals surface area contributed by atoms with Crippen molar-refractivity contribution in [1.82, 2.24) is 5.32 Å². The second-order valence-corrected chi connectivity index (χ2v) is 5.72. The molecule has 0 spiro atoms. The lowest BCUT2D eigenvalue weighted by Gasteiger charge is -2.15. The average molecular weight is 300 g/mol. The van der Waals surface area contributed by atoms with E-state index in [0.717, 1.165) is 17.6 Å². The van der Waals surface area contributed by atoms with Crippen molar-refractivity contribution in [3.8, 4) is 0 Å². The molecule has 1 aromatic carbocycles. The Balaban J connectivity index is 2.21. The lowest BCUT2D eigenvalue weighted by Crippen LogP contribution is -2.29. The van der Waals surface area contributed by atoms with Gasteiger partial charge in [-0.25, -0.2) is 0 Å². The quantitative estimate of drug-likeness (QED) is 0.831. The maximum Gasteiger partial charge on any atom is 0.0721 e. The van der Waals surface area contributed by atoms with E-state index in [0.29, 0.717) is 12.5 Å². The first-order valence-corrected chi connectivity index (χ1v) is 6.94. The van der Waals surface area contributed by atoms with Crippen LogP contribution in [0.25, 0.3) is 0 Å². The first kappa shape index (κ1) is 14.7. The zero-order chi connectivity index (χ0) is 12.7. The fourth-order valence-electron chi connectivity index (χ4n) is 1.50. The topological polar surface area (TPSA) is 21.3 Å². The molecule has 1 N–H and O–H groups in total. The highest BCUT2D eigenvalue weighted by Crippen LogP contribution is 2.12. The van der Waals surface area contributed by atoms with Crippen LogP contribution in [0.1, 0.15) is 26.3 Å². The summed E-state index contributed by atoms with van der Waals surface area (Å²) in [7, 11) is 0. The van der Waals surface area contributed by atoms with Crippen LogP contribution in [-0.2, 0) is 11.3 Å². The fourth-order valence-corrected chi connectivity index (χ4v) is 1.95. The normalized spacial score (nSPS) is 13.0. The highest BCUT2D eigenvalue weighted by atomic mass is 79.9. The van der Waals surface area contributed by atoms with Gasteiger partial charge < -0.3 is 10.1 Å². The molecular formula is C14H22BrNO. The molecule has 0 radical (unpaired) electrons. The monoisotopic (exact) mass is 299 g/mol. The van der Waals surface area contributed by atoms with Crippen molar-refractivity contribution in [3.63, 3.8) is 0 Å². The lowest BCUT2D eigenvalue weighted by atomic mass is 10.2. The van der Waals surface area contributed by atoms with Gasteiger partial charge >= 0.3 is 0 Å². The molecule has 0 saturated heterocycles. The molecule has 1 unspecified atom stereocenters. The zero-order valence-corrected chi connectivity index (χ0v) is 12.5. The van der Waals surface area contributed by atoms with E-state index in [2.05, 4.69) is 54.2 Å². The number of halogens is 1. The lowest BCUT2D eigenvalue weighted by molar-refractivity contribution is 0.0528. The first-order valence-electron chi connectivity index (χ1n) is 6.14. The Morgan fingerprint density at radius 2 is 2.00 bits per heavy atom. The van der Waals surface area contributed by atoms with E-state index < -0.39 is 0 Å². The average Bonchev–Trinajstić information content (AvgIpc) is 2.26. The molecule has 0 aliphatic rings. The van der Waals surface area contributed by atoms with Gasteiger partial charge in [-0.3, -0.25) is 0 Å². The third-order valence-corrected chi connectivity index (χ3v) is 2.90. The summed E-state index contributed by atoms with van der Waals surface area (Å²) >= 11 is 3.46. The van der Waals surface area contributed by atoms with Crippen molar-refractivity contribution in [1.29, 1.82) is 0 Å². The number of ether oxygens (including phenoxy) is 1. The van der Waals surface area contributed by atoms with E-state index in [9.17, 15) is 0 Å². The van der Waals surface area contributed by atoms with Crippen LogP contribution in [0.3, 0.4) is 0 Å². The predicted molar refractivity (Wildman–Crippen MR) is 76.1 cm³/mol. The summed E-state index contributed by atoms with van der Waals surface area (Å²) in [5.41, 5.74) is 1.20. The number of rotatable bonds is 7. The van der Waals surface area contributed by atoms with Gasteiger partial charge in [-0.05, 0) is 37.1 Å². The second kappa shape index (κ2) is 7.85. The molecule has 96 valence electrons. The summed E-state index contributed by atoms with van der Waals surface area (Å²) < 4.78 is 6.88. The van der Waals surface area contributed by atoms with Crippen LogP contribution in [0.5, 0.6) is 0 Å². The Morgan fingerprint density at radius 3 is 2.65 bits per heavy atom. The number of benzene rings is 1. The second-order valence-electron chi connectivity index (χ2n) is 4.80. The molecule has 0 aliphatic heterocycles. The number of hydrogen-bond donors (Lipinski definition) is 1. The van der Waals surface area contributed by atoms with Gasteiger partial charge in [0, 0.05) is 11.0 Å². The Kier molecular flexibility index (Phi) is 6.78. The molecule has 2 nitrogen and oxygen atoms in total. The van der Waals surface area contributed by atoms with E-state index in [1.807, 2.05) is 12.1 Å². The zero-order valence-electron chi connectivity index (χ0n) is 10.9. The van der Waals surface area contributed by atoms with Gasteiger partial charge in [0.2, 0.25) is 0 Å². The first-order chi connectivity index (χ1) is 8.08. The van der Waals surface area contributed by atoms with Crippen LogP contribution < -0.4 is 5.32 Å². The summed E-state index contributed by atoms with van der Waals surface area (Å²) in [4.78, 5) is 0. The minimum absolute atomic E-state index is 0.243. The Bertz CT molecular complexity index is 328. The van der Waals surface area contributed by atoms with E-state index in [4.69, 9.17) is 4.74 Å². The molecule has 0 aliphatic carbocycles. The van der Waals surface area contributed by atoms with Gasteiger partial charge in [0.1, 0.15) is 0 Å². The van der Waals surface area contributed by atoms with Crippen LogP contribution in [0.15, 0.2) is 28.7 Å². The smallest absolute Gasteiger partial charge is 0.0721 e. The maximum atomic E-state index is 5.78. The van der Waals surface area contributed by atoms with E-state index in [1.54, 1.807) is 0 Å². The van der Waals surface area contributed by atoms with E-state index >= 15 is 0 Å². The largest absolute Gasteiger partial charge is 0.373 e. The number of nitrogens with one attached hydrogen (secondary N) is 1. The Hall–Kier alpha value is -0.380. The van der Waals surface area contributed by atoms with Gasteiger partial charge in [0.05, 0.1) is 12.7 Å². The fraction of sp³-hybridized carbons (Fsp3) is 0.571. The van der Waals surface area contributed by atoms with Gasteiger partial charge in [-0.2, -0.15) is 0 Å². The van der Waals surface area contributed by atoms with Gasteiger partial charge in [0.25, 0.3) is 0 Å². The van der Waals surface area contributed by atoms with Crippen LogP contribution in [0.4, 0.5) is 0 Å². The summed E-state index contributed by atoms with van der Waals surface area (Å²) in [6.45, 7) is 9.14. The molecular weight excluding hydrogens is 278 g/mol. The van der Waals surface area contributed by atoms with Gasteiger partial charge in [-0.15, -0.1) is 0 Å². The third-order valence-electron chi connectivity index (χ3n) is 2.41. The molecule has 0 bridgehead atoms. The Morgan fingerprint density at radius 1 is 1.24 bits per heavy atom. The summed E-state index contributed by atoms with van der Waals surface area (Å²) in [5.74, 6) is 0.687. The highest BCUT2D eigenvalue weighted by molar-refractivity contribution is 9.10. The highest BCUT2D eigenvalue weighted by Gasteiger charge is 2.03. The van der Waals surface area contributed by atoms with E-state index in [-0.39, 0.29) is 6.10 Å². The molecule has 0 fully saturated rings.